The lowest BCUT2D eigenvalue weighted by Gasteiger charge is -2.19. The van der Waals surface area contributed by atoms with Crippen LogP contribution in [0.25, 0.3) is 0 Å². The van der Waals surface area contributed by atoms with Crippen molar-refractivity contribution < 1.29 is 4.74 Å². The minimum atomic E-state index is 0.456. The molecule has 0 bridgehead atoms. The molecule has 2 nitrogen and oxygen atoms in total. The second-order valence-corrected chi connectivity index (χ2v) is 6.45. The lowest BCUT2D eigenvalue weighted by atomic mass is 10.1. The van der Waals surface area contributed by atoms with Crippen LogP contribution in [-0.4, -0.2) is 30.8 Å². The monoisotopic (exact) mass is 293 g/mol. The Labute approximate surface area is 127 Å². The molecule has 0 aromatic heterocycles. The van der Waals surface area contributed by atoms with Gasteiger partial charge in [-0.2, -0.15) is 11.8 Å². The molecular weight excluding hydrogens is 266 g/mol. The Hall–Kier alpha value is -0.510. The van der Waals surface area contributed by atoms with Gasteiger partial charge in [-0.25, -0.2) is 0 Å². The summed E-state index contributed by atoms with van der Waals surface area (Å²) in [7, 11) is 0. The third-order valence-corrected chi connectivity index (χ3v) is 5.03. The third kappa shape index (κ3) is 4.80. The van der Waals surface area contributed by atoms with Crippen molar-refractivity contribution in [1.29, 1.82) is 0 Å². The van der Waals surface area contributed by atoms with Gasteiger partial charge in [0.25, 0.3) is 0 Å². The van der Waals surface area contributed by atoms with E-state index in [1.54, 1.807) is 0 Å². The van der Waals surface area contributed by atoms with Gasteiger partial charge < -0.3 is 10.1 Å². The average Bonchev–Trinajstić information content (AvgIpc) is 3.00. The first kappa shape index (κ1) is 15.9. The van der Waals surface area contributed by atoms with Crippen molar-refractivity contribution in [2.24, 2.45) is 0 Å². The molecule has 1 N–H and O–H groups in total. The largest absolute Gasteiger partial charge is 0.377 e. The number of benzene rings is 1. The van der Waals surface area contributed by atoms with Crippen molar-refractivity contribution in [3.8, 4) is 0 Å². The Morgan fingerprint density at radius 1 is 1.30 bits per heavy atom. The Morgan fingerprint density at radius 2 is 2.10 bits per heavy atom. The van der Waals surface area contributed by atoms with E-state index >= 15 is 0 Å². The molecule has 2 rings (SSSR count). The van der Waals surface area contributed by atoms with Gasteiger partial charge in [0.1, 0.15) is 0 Å². The number of nitrogens with one attached hydrogen (secondary N) is 1. The Kier molecular flexibility index (Phi) is 6.91. The minimum Gasteiger partial charge on any atom is -0.377 e. The van der Waals surface area contributed by atoms with Crippen LogP contribution in [0.3, 0.4) is 0 Å². The molecule has 0 aliphatic carbocycles. The quantitative estimate of drug-likeness (QED) is 0.787. The molecule has 20 heavy (non-hydrogen) atoms. The number of rotatable bonds is 8. The van der Waals surface area contributed by atoms with Gasteiger partial charge in [-0.1, -0.05) is 38.1 Å². The van der Waals surface area contributed by atoms with Crippen molar-refractivity contribution in [2.45, 2.75) is 45.3 Å². The fraction of sp³-hybridized carbons (Fsp3) is 0.647. The number of hydrogen-bond donors (Lipinski definition) is 1. The normalized spacial score (nSPS) is 20.2. The maximum atomic E-state index is 5.69. The molecule has 1 fully saturated rings. The Bertz CT molecular complexity index is 373. The SMILES string of the molecule is CCNC(CSCC1CCCO1)c1ccc(CC)cc1. The van der Waals surface area contributed by atoms with Gasteiger partial charge in [0.05, 0.1) is 6.10 Å². The first-order chi connectivity index (χ1) is 9.83. The minimum absolute atomic E-state index is 0.456. The molecule has 2 atom stereocenters. The molecule has 1 heterocycles. The Morgan fingerprint density at radius 3 is 2.70 bits per heavy atom. The van der Waals surface area contributed by atoms with E-state index in [-0.39, 0.29) is 0 Å². The number of hydrogen-bond acceptors (Lipinski definition) is 3. The molecule has 2 unspecified atom stereocenters. The van der Waals surface area contributed by atoms with Gasteiger partial charge >= 0.3 is 0 Å². The van der Waals surface area contributed by atoms with E-state index in [1.807, 2.05) is 11.8 Å². The predicted octanol–water partition coefficient (Wildman–Crippen LogP) is 3.81. The second-order valence-electron chi connectivity index (χ2n) is 5.38. The van der Waals surface area contributed by atoms with Gasteiger partial charge in [-0.05, 0) is 36.9 Å². The van der Waals surface area contributed by atoms with Gasteiger partial charge in [0.2, 0.25) is 0 Å². The summed E-state index contributed by atoms with van der Waals surface area (Å²) in [5.74, 6) is 2.26. The van der Waals surface area contributed by atoms with Crippen molar-refractivity contribution in [1.82, 2.24) is 5.32 Å². The average molecular weight is 293 g/mol. The van der Waals surface area contributed by atoms with Crippen LogP contribution in [0.2, 0.25) is 0 Å². The third-order valence-electron chi connectivity index (χ3n) is 3.85. The van der Waals surface area contributed by atoms with E-state index in [4.69, 9.17) is 4.74 Å². The highest BCUT2D eigenvalue weighted by molar-refractivity contribution is 7.99. The summed E-state index contributed by atoms with van der Waals surface area (Å²) >= 11 is 2.02. The van der Waals surface area contributed by atoms with E-state index in [2.05, 4.69) is 43.4 Å². The molecule has 1 saturated heterocycles. The summed E-state index contributed by atoms with van der Waals surface area (Å²) < 4.78 is 5.69. The highest BCUT2D eigenvalue weighted by atomic mass is 32.2. The van der Waals surface area contributed by atoms with Crippen LogP contribution in [0.1, 0.15) is 43.9 Å². The topological polar surface area (TPSA) is 21.3 Å². The van der Waals surface area contributed by atoms with Crippen molar-refractivity contribution >= 4 is 11.8 Å². The standard InChI is InChI=1S/C17H27NOS/c1-3-14-7-9-15(10-8-14)17(18-4-2)13-20-12-16-6-5-11-19-16/h7-10,16-18H,3-6,11-13H2,1-2H3. The number of thioether (sulfide) groups is 1. The molecule has 1 aliphatic heterocycles. The molecular formula is C17H27NOS. The highest BCUT2D eigenvalue weighted by Crippen LogP contribution is 2.23. The highest BCUT2D eigenvalue weighted by Gasteiger charge is 2.17. The summed E-state index contributed by atoms with van der Waals surface area (Å²) in [6.45, 7) is 6.35. The zero-order valence-corrected chi connectivity index (χ0v) is 13.5. The van der Waals surface area contributed by atoms with Crippen molar-refractivity contribution in [3.05, 3.63) is 35.4 Å². The zero-order valence-electron chi connectivity index (χ0n) is 12.7. The van der Waals surface area contributed by atoms with Crippen LogP contribution in [0.5, 0.6) is 0 Å². The fourth-order valence-electron chi connectivity index (χ4n) is 2.60. The molecule has 0 amide bonds. The Balaban J connectivity index is 1.84. The molecule has 0 spiro atoms. The first-order valence-electron chi connectivity index (χ1n) is 7.85. The number of ether oxygens (including phenoxy) is 1. The number of aryl methyl sites for hydroxylation is 1. The molecule has 0 saturated carbocycles. The molecule has 1 aromatic carbocycles. The van der Waals surface area contributed by atoms with Crippen LogP contribution >= 0.6 is 11.8 Å². The van der Waals surface area contributed by atoms with Crippen LogP contribution in [0.15, 0.2) is 24.3 Å². The fourth-order valence-corrected chi connectivity index (χ4v) is 3.81. The van der Waals surface area contributed by atoms with Crippen LogP contribution < -0.4 is 5.32 Å². The van der Waals surface area contributed by atoms with E-state index in [1.165, 1.54) is 24.0 Å². The molecule has 3 heteroatoms. The second kappa shape index (κ2) is 8.71. The van der Waals surface area contributed by atoms with Crippen molar-refractivity contribution in [2.75, 3.05) is 24.7 Å². The van der Waals surface area contributed by atoms with Crippen LogP contribution in [0.4, 0.5) is 0 Å². The summed E-state index contributed by atoms with van der Waals surface area (Å²) in [6, 6.07) is 9.52. The molecule has 112 valence electrons. The lowest BCUT2D eigenvalue weighted by Crippen LogP contribution is -2.23. The predicted molar refractivity (Wildman–Crippen MR) is 88.5 cm³/mol. The van der Waals surface area contributed by atoms with Crippen LogP contribution in [-0.2, 0) is 11.2 Å². The zero-order chi connectivity index (χ0) is 14.2. The molecule has 0 radical (unpaired) electrons. The van der Waals surface area contributed by atoms with Gasteiger partial charge in [0.15, 0.2) is 0 Å². The van der Waals surface area contributed by atoms with Gasteiger partial charge in [-0.15, -0.1) is 0 Å². The van der Waals surface area contributed by atoms with Crippen molar-refractivity contribution in [3.63, 3.8) is 0 Å². The maximum absolute atomic E-state index is 5.69. The lowest BCUT2D eigenvalue weighted by molar-refractivity contribution is 0.129. The summed E-state index contributed by atoms with van der Waals surface area (Å²) in [5.41, 5.74) is 2.82. The first-order valence-corrected chi connectivity index (χ1v) is 9.00. The molecule has 1 aliphatic rings. The van der Waals surface area contributed by atoms with E-state index in [9.17, 15) is 0 Å². The maximum Gasteiger partial charge on any atom is 0.0666 e. The summed E-state index contributed by atoms with van der Waals surface area (Å²) in [6.07, 6.45) is 4.08. The van der Waals surface area contributed by atoms with Gasteiger partial charge in [-0.3, -0.25) is 0 Å². The molecule has 1 aromatic rings. The van der Waals surface area contributed by atoms with E-state index in [0.717, 1.165) is 31.1 Å². The smallest absolute Gasteiger partial charge is 0.0666 e. The van der Waals surface area contributed by atoms with Crippen LogP contribution in [0, 0.1) is 0 Å². The van der Waals surface area contributed by atoms with E-state index < -0.39 is 0 Å². The van der Waals surface area contributed by atoms with E-state index in [0.29, 0.717) is 12.1 Å². The summed E-state index contributed by atoms with van der Waals surface area (Å²) in [5, 5.41) is 3.60. The van der Waals surface area contributed by atoms with Gasteiger partial charge in [0, 0.05) is 24.2 Å². The summed E-state index contributed by atoms with van der Waals surface area (Å²) in [4.78, 5) is 0.